The molecule has 0 spiro atoms. The molecular formula is C24H36N4O2. The molecule has 4 rings (SSSR count). The Labute approximate surface area is 180 Å². The van der Waals surface area contributed by atoms with E-state index in [9.17, 15) is 9.59 Å². The van der Waals surface area contributed by atoms with E-state index < -0.39 is 0 Å². The molecule has 3 aliphatic rings. The molecule has 0 unspecified atom stereocenters. The van der Waals surface area contributed by atoms with Crippen molar-refractivity contribution in [1.82, 2.24) is 9.80 Å². The number of nitrogens with one attached hydrogen (secondary N) is 1. The second-order valence-electron chi connectivity index (χ2n) is 9.15. The van der Waals surface area contributed by atoms with Gasteiger partial charge in [0.15, 0.2) is 0 Å². The number of anilines is 2. The zero-order valence-electron chi connectivity index (χ0n) is 18.2. The number of carbonyl (C=O) groups is 2. The fraction of sp³-hybridized carbons (Fsp3) is 0.667. The van der Waals surface area contributed by atoms with E-state index in [2.05, 4.69) is 15.1 Å². The summed E-state index contributed by atoms with van der Waals surface area (Å²) < 4.78 is 0. The Bertz CT molecular complexity index is 732. The van der Waals surface area contributed by atoms with Crippen LogP contribution in [0.4, 0.5) is 11.4 Å². The van der Waals surface area contributed by atoms with Gasteiger partial charge in [-0.3, -0.25) is 14.5 Å². The lowest BCUT2D eigenvalue weighted by atomic mass is 9.89. The van der Waals surface area contributed by atoms with E-state index in [1.165, 1.54) is 38.6 Å². The van der Waals surface area contributed by atoms with Crippen LogP contribution in [0, 0.1) is 5.92 Å². The molecule has 2 saturated heterocycles. The van der Waals surface area contributed by atoms with Crippen LogP contribution in [-0.2, 0) is 9.59 Å². The summed E-state index contributed by atoms with van der Waals surface area (Å²) in [7, 11) is 0. The number of hydrogen-bond donors (Lipinski definition) is 1. The highest BCUT2D eigenvalue weighted by atomic mass is 16.2. The molecular weight excluding hydrogens is 376 g/mol. The molecule has 1 N–H and O–H groups in total. The molecule has 3 fully saturated rings. The van der Waals surface area contributed by atoms with Gasteiger partial charge in [-0.15, -0.1) is 0 Å². The molecule has 0 radical (unpaired) electrons. The van der Waals surface area contributed by atoms with E-state index in [0.717, 1.165) is 62.9 Å². The van der Waals surface area contributed by atoms with Crippen LogP contribution in [0.3, 0.4) is 0 Å². The highest BCUT2D eigenvalue weighted by Crippen LogP contribution is 2.29. The maximum absolute atomic E-state index is 12.8. The second-order valence-corrected chi connectivity index (χ2v) is 9.15. The monoisotopic (exact) mass is 412 g/mol. The van der Waals surface area contributed by atoms with Crippen LogP contribution < -0.4 is 10.2 Å². The van der Waals surface area contributed by atoms with E-state index in [4.69, 9.17) is 0 Å². The molecule has 2 heterocycles. The number of amides is 2. The number of benzene rings is 1. The quantitative estimate of drug-likeness (QED) is 0.779. The Morgan fingerprint density at radius 1 is 0.900 bits per heavy atom. The second kappa shape index (κ2) is 10.4. The van der Waals surface area contributed by atoms with Crippen LogP contribution in [0.15, 0.2) is 24.3 Å². The Morgan fingerprint density at radius 2 is 1.67 bits per heavy atom. The smallest absolute Gasteiger partial charge is 0.238 e. The molecule has 2 amide bonds. The Morgan fingerprint density at radius 3 is 2.47 bits per heavy atom. The highest BCUT2D eigenvalue weighted by molar-refractivity contribution is 6.02. The summed E-state index contributed by atoms with van der Waals surface area (Å²) in [6.07, 6.45) is 9.58. The first-order chi connectivity index (χ1) is 14.7. The van der Waals surface area contributed by atoms with Gasteiger partial charge in [0.2, 0.25) is 11.8 Å². The van der Waals surface area contributed by atoms with Gasteiger partial charge in [0.05, 0.1) is 17.9 Å². The van der Waals surface area contributed by atoms with Crippen molar-refractivity contribution in [3.8, 4) is 0 Å². The molecule has 1 aromatic carbocycles. The summed E-state index contributed by atoms with van der Waals surface area (Å²) in [5.74, 6) is 1.02. The molecule has 6 heteroatoms. The third-order valence-corrected chi connectivity index (χ3v) is 6.83. The van der Waals surface area contributed by atoms with E-state index in [1.807, 2.05) is 24.3 Å². The lowest BCUT2D eigenvalue weighted by Crippen LogP contribution is -2.37. The maximum Gasteiger partial charge on any atom is 0.238 e. The van der Waals surface area contributed by atoms with Crippen molar-refractivity contribution < 1.29 is 9.59 Å². The van der Waals surface area contributed by atoms with Crippen molar-refractivity contribution in [2.24, 2.45) is 5.92 Å². The van der Waals surface area contributed by atoms with Crippen LogP contribution in [0.1, 0.15) is 51.4 Å². The van der Waals surface area contributed by atoms with Crippen LogP contribution in [0.5, 0.6) is 0 Å². The molecule has 2 aliphatic heterocycles. The Balaban J connectivity index is 1.28. The van der Waals surface area contributed by atoms with Crippen LogP contribution in [0.2, 0.25) is 0 Å². The minimum atomic E-state index is 0.00910. The molecule has 0 bridgehead atoms. The van der Waals surface area contributed by atoms with Gasteiger partial charge < -0.3 is 15.1 Å². The number of para-hydroxylation sites is 2. The zero-order chi connectivity index (χ0) is 20.8. The van der Waals surface area contributed by atoms with Gasteiger partial charge in [0.25, 0.3) is 0 Å². The third-order valence-electron chi connectivity index (χ3n) is 6.83. The topological polar surface area (TPSA) is 55.9 Å². The van der Waals surface area contributed by atoms with E-state index in [1.54, 1.807) is 4.90 Å². The predicted octanol–water partition coefficient (Wildman–Crippen LogP) is 3.34. The van der Waals surface area contributed by atoms with Crippen molar-refractivity contribution in [3.63, 3.8) is 0 Å². The van der Waals surface area contributed by atoms with Crippen molar-refractivity contribution >= 4 is 23.2 Å². The first-order valence-corrected chi connectivity index (χ1v) is 11.8. The summed E-state index contributed by atoms with van der Waals surface area (Å²) in [6.45, 7) is 6.51. The first kappa shape index (κ1) is 21.3. The van der Waals surface area contributed by atoms with E-state index >= 15 is 0 Å². The van der Waals surface area contributed by atoms with Crippen molar-refractivity contribution in [2.45, 2.75) is 51.4 Å². The van der Waals surface area contributed by atoms with Gasteiger partial charge in [-0.05, 0) is 56.8 Å². The molecule has 1 aliphatic carbocycles. The highest BCUT2D eigenvalue weighted by Gasteiger charge is 2.25. The standard InChI is InChI=1S/C24H36N4O2/c29-23(25-21-10-4-5-11-22(21)28-15-6-12-24(28)30)19-27-14-7-13-26(16-17-27)18-20-8-2-1-3-9-20/h4-5,10-11,20H,1-3,6-9,12-19H2,(H,25,29). The van der Waals surface area contributed by atoms with Crippen LogP contribution in [-0.4, -0.2) is 67.4 Å². The summed E-state index contributed by atoms with van der Waals surface area (Å²) in [5, 5.41) is 3.06. The number of nitrogens with zero attached hydrogens (tertiary/aromatic N) is 3. The lowest BCUT2D eigenvalue weighted by Gasteiger charge is -2.28. The average Bonchev–Trinajstić information content (AvgIpc) is 3.06. The van der Waals surface area contributed by atoms with Crippen molar-refractivity contribution in [1.29, 1.82) is 0 Å². The average molecular weight is 413 g/mol. The summed E-state index contributed by atoms with van der Waals surface area (Å²) >= 11 is 0. The summed E-state index contributed by atoms with van der Waals surface area (Å²) in [6, 6.07) is 7.65. The fourth-order valence-corrected chi connectivity index (χ4v) is 5.21. The van der Waals surface area contributed by atoms with Gasteiger partial charge in [-0.2, -0.15) is 0 Å². The van der Waals surface area contributed by atoms with Gasteiger partial charge in [0, 0.05) is 32.6 Å². The minimum absolute atomic E-state index is 0.00910. The minimum Gasteiger partial charge on any atom is -0.323 e. The SMILES string of the molecule is O=C(CN1CCCN(CC2CCCCC2)CC1)Nc1ccccc1N1CCCC1=O. The van der Waals surface area contributed by atoms with Gasteiger partial charge in [-0.25, -0.2) is 0 Å². The molecule has 30 heavy (non-hydrogen) atoms. The lowest BCUT2D eigenvalue weighted by molar-refractivity contribution is -0.118. The molecule has 164 valence electrons. The fourth-order valence-electron chi connectivity index (χ4n) is 5.21. The van der Waals surface area contributed by atoms with E-state index in [0.29, 0.717) is 13.0 Å². The Hall–Kier alpha value is -1.92. The normalized spacial score (nSPS) is 22.3. The summed E-state index contributed by atoms with van der Waals surface area (Å²) in [5.41, 5.74) is 1.56. The predicted molar refractivity (Wildman–Crippen MR) is 121 cm³/mol. The number of hydrogen-bond acceptors (Lipinski definition) is 4. The van der Waals surface area contributed by atoms with Gasteiger partial charge >= 0.3 is 0 Å². The number of rotatable bonds is 6. The van der Waals surface area contributed by atoms with Crippen LogP contribution >= 0.6 is 0 Å². The van der Waals surface area contributed by atoms with Gasteiger partial charge in [0.1, 0.15) is 0 Å². The summed E-state index contributed by atoms with van der Waals surface area (Å²) in [4.78, 5) is 31.6. The molecule has 1 saturated carbocycles. The van der Waals surface area contributed by atoms with Crippen molar-refractivity contribution in [3.05, 3.63) is 24.3 Å². The largest absolute Gasteiger partial charge is 0.323 e. The van der Waals surface area contributed by atoms with Crippen LogP contribution in [0.25, 0.3) is 0 Å². The first-order valence-electron chi connectivity index (χ1n) is 11.8. The van der Waals surface area contributed by atoms with Crippen molar-refractivity contribution in [2.75, 3.05) is 56.0 Å². The molecule has 1 aromatic rings. The zero-order valence-corrected chi connectivity index (χ0v) is 18.2. The Kier molecular flexibility index (Phi) is 7.39. The molecule has 0 atom stereocenters. The van der Waals surface area contributed by atoms with Gasteiger partial charge in [-0.1, -0.05) is 31.4 Å². The maximum atomic E-state index is 12.8. The molecule has 0 aromatic heterocycles. The number of carbonyl (C=O) groups excluding carboxylic acids is 2. The van der Waals surface area contributed by atoms with E-state index in [-0.39, 0.29) is 11.8 Å². The molecule has 6 nitrogen and oxygen atoms in total. The third kappa shape index (κ3) is 5.61.